The maximum atomic E-state index is 12.0. The highest BCUT2D eigenvalue weighted by Crippen LogP contribution is 2.25. The molecule has 0 aromatic heterocycles. The summed E-state index contributed by atoms with van der Waals surface area (Å²) in [7, 11) is 0.382. The lowest BCUT2D eigenvalue weighted by Gasteiger charge is -2.29. The molecule has 1 atom stereocenters. The summed E-state index contributed by atoms with van der Waals surface area (Å²) in [5.41, 5.74) is -0.645. The van der Waals surface area contributed by atoms with Crippen LogP contribution in [-0.4, -0.2) is 70.1 Å². The maximum Gasteiger partial charge on any atom is 0.325 e. The largest absolute Gasteiger partial charge is 0.468 e. The minimum Gasteiger partial charge on any atom is -0.468 e. The maximum absolute atomic E-state index is 12.0. The lowest BCUT2D eigenvalue weighted by Crippen LogP contribution is -2.51. The molecule has 1 aliphatic carbocycles. The Hall–Kier alpha value is -0.660. The van der Waals surface area contributed by atoms with Gasteiger partial charge in [0.15, 0.2) is 0 Å². The van der Waals surface area contributed by atoms with Crippen LogP contribution in [0.4, 0.5) is 0 Å². The van der Waals surface area contributed by atoms with Crippen LogP contribution in [0.5, 0.6) is 0 Å². The third kappa shape index (κ3) is 7.24. The number of carbonyl (C=O) groups is 1. The number of ether oxygens (including phenoxy) is 1. The van der Waals surface area contributed by atoms with Gasteiger partial charge in [0, 0.05) is 18.8 Å². The molecule has 0 spiro atoms. The summed E-state index contributed by atoms with van der Waals surface area (Å²) in [6.45, 7) is 3.16. The number of hydrogen-bond acceptors (Lipinski definition) is 6. The standard InChI is InChI=1S/C14H28N2O4S/c1-14(13(17)20-3,15-12-6-7-12)8-5-9-16(2)10-11-21(4,18)19/h12,15H,5-11H2,1-4H3. The summed E-state index contributed by atoms with van der Waals surface area (Å²) >= 11 is 0. The average molecular weight is 320 g/mol. The van der Waals surface area contributed by atoms with E-state index in [0.717, 1.165) is 25.8 Å². The fourth-order valence-corrected chi connectivity index (χ4v) is 2.92. The van der Waals surface area contributed by atoms with E-state index in [9.17, 15) is 13.2 Å². The van der Waals surface area contributed by atoms with Crippen molar-refractivity contribution in [1.82, 2.24) is 10.2 Å². The van der Waals surface area contributed by atoms with E-state index in [0.29, 0.717) is 19.0 Å². The van der Waals surface area contributed by atoms with Gasteiger partial charge in [-0.25, -0.2) is 8.42 Å². The molecular formula is C14H28N2O4S. The van der Waals surface area contributed by atoms with Crippen LogP contribution < -0.4 is 5.32 Å². The first kappa shape index (κ1) is 18.4. The lowest BCUT2D eigenvalue weighted by atomic mass is 9.95. The van der Waals surface area contributed by atoms with Crippen molar-refractivity contribution in [3.8, 4) is 0 Å². The van der Waals surface area contributed by atoms with Crippen LogP contribution in [-0.2, 0) is 19.4 Å². The molecule has 0 aromatic carbocycles. The van der Waals surface area contributed by atoms with E-state index < -0.39 is 15.4 Å². The van der Waals surface area contributed by atoms with Crippen molar-refractivity contribution in [2.75, 3.05) is 39.3 Å². The molecule has 1 aliphatic rings. The van der Waals surface area contributed by atoms with Gasteiger partial charge in [-0.15, -0.1) is 0 Å². The van der Waals surface area contributed by atoms with Gasteiger partial charge in [0.05, 0.1) is 12.9 Å². The van der Waals surface area contributed by atoms with E-state index in [-0.39, 0.29) is 11.7 Å². The zero-order chi connectivity index (χ0) is 16.1. The molecule has 1 unspecified atom stereocenters. The number of esters is 1. The topological polar surface area (TPSA) is 75.7 Å². The minimum atomic E-state index is -2.93. The van der Waals surface area contributed by atoms with E-state index in [1.54, 1.807) is 0 Å². The first-order valence-electron chi connectivity index (χ1n) is 7.39. The fourth-order valence-electron chi connectivity index (χ4n) is 2.27. The van der Waals surface area contributed by atoms with Crippen molar-refractivity contribution in [3.63, 3.8) is 0 Å². The van der Waals surface area contributed by atoms with Crippen molar-refractivity contribution in [3.05, 3.63) is 0 Å². The van der Waals surface area contributed by atoms with Gasteiger partial charge in [-0.2, -0.15) is 0 Å². The molecule has 1 N–H and O–H groups in total. The molecule has 1 fully saturated rings. The van der Waals surface area contributed by atoms with Crippen LogP contribution in [0.1, 0.15) is 32.6 Å². The van der Waals surface area contributed by atoms with Crippen molar-refractivity contribution in [1.29, 1.82) is 0 Å². The SMILES string of the molecule is COC(=O)C(C)(CCCN(C)CCS(C)(=O)=O)NC1CC1. The molecule has 0 saturated heterocycles. The molecule has 0 amide bonds. The number of nitrogens with one attached hydrogen (secondary N) is 1. The Morgan fingerprint density at radius 2 is 2.00 bits per heavy atom. The summed E-state index contributed by atoms with van der Waals surface area (Å²) in [4.78, 5) is 13.9. The first-order chi connectivity index (χ1) is 9.66. The molecule has 0 bridgehead atoms. The van der Waals surface area contributed by atoms with Gasteiger partial charge in [0.2, 0.25) is 0 Å². The van der Waals surface area contributed by atoms with E-state index in [2.05, 4.69) is 5.32 Å². The van der Waals surface area contributed by atoms with Crippen LogP contribution in [0.2, 0.25) is 0 Å². The third-order valence-electron chi connectivity index (χ3n) is 3.80. The Kier molecular flexibility index (Phi) is 6.62. The second-order valence-electron chi connectivity index (χ2n) is 6.28. The predicted molar refractivity (Wildman–Crippen MR) is 83.0 cm³/mol. The number of nitrogens with zero attached hydrogens (tertiary/aromatic N) is 1. The summed E-state index contributed by atoms with van der Waals surface area (Å²) in [5, 5.41) is 3.36. The van der Waals surface area contributed by atoms with Crippen molar-refractivity contribution in [2.45, 2.75) is 44.2 Å². The van der Waals surface area contributed by atoms with Gasteiger partial charge >= 0.3 is 5.97 Å². The highest BCUT2D eigenvalue weighted by Gasteiger charge is 2.38. The summed E-state index contributed by atoms with van der Waals surface area (Å²) in [5.74, 6) is -0.0638. The molecule has 124 valence electrons. The number of methoxy groups -OCH3 is 1. The molecule has 6 nitrogen and oxygen atoms in total. The Morgan fingerprint density at radius 1 is 1.38 bits per heavy atom. The number of sulfone groups is 1. The molecule has 0 heterocycles. The molecule has 0 aliphatic heterocycles. The van der Waals surface area contributed by atoms with Crippen LogP contribution in [0.3, 0.4) is 0 Å². The third-order valence-corrected chi connectivity index (χ3v) is 4.72. The van der Waals surface area contributed by atoms with Crippen molar-refractivity contribution >= 4 is 15.8 Å². The predicted octanol–water partition coefficient (Wildman–Crippen LogP) is 0.427. The van der Waals surface area contributed by atoms with Gasteiger partial charge in [-0.05, 0) is 46.2 Å². The van der Waals surface area contributed by atoms with Crippen LogP contribution in [0, 0.1) is 0 Å². The zero-order valence-corrected chi connectivity index (χ0v) is 14.3. The van der Waals surface area contributed by atoms with E-state index in [1.165, 1.54) is 13.4 Å². The van der Waals surface area contributed by atoms with Crippen molar-refractivity contribution < 1.29 is 17.9 Å². The highest BCUT2D eigenvalue weighted by molar-refractivity contribution is 7.90. The number of carbonyl (C=O) groups excluding carboxylic acids is 1. The van der Waals surface area contributed by atoms with Crippen LogP contribution in [0.15, 0.2) is 0 Å². The molecule has 7 heteroatoms. The minimum absolute atomic E-state index is 0.165. The Morgan fingerprint density at radius 3 is 2.48 bits per heavy atom. The molecule has 0 radical (unpaired) electrons. The number of rotatable bonds is 10. The highest BCUT2D eigenvalue weighted by atomic mass is 32.2. The number of hydrogen-bond donors (Lipinski definition) is 1. The molecular weight excluding hydrogens is 292 g/mol. The Labute approximate surface area is 128 Å². The Bertz CT molecular complexity index is 448. The van der Waals surface area contributed by atoms with Crippen LogP contribution >= 0.6 is 0 Å². The van der Waals surface area contributed by atoms with Crippen LogP contribution in [0.25, 0.3) is 0 Å². The second-order valence-corrected chi connectivity index (χ2v) is 8.54. The van der Waals surface area contributed by atoms with Gasteiger partial charge in [-0.3, -0.25) is 10.1 Å². The average Bonchev–Trinajstić information content (AvgIpc) is 3.18. The fraction of sp³-hybridized carbons (Fsp3) is 0.929. The monoisotopic (exact) mass is 320 g/mol. The summed E-state index contributed by atoms with van der Waals surface area (Å²) in [6.07, 6.45) is 4.96. The van der Waals surface area contributed by atoms with E-state index in [1.807, 2.05) is 18.9 Å². The lowest BCUT2D eigenvalue weighted by molar-refractivity contribution is -0.148. The van der Waals surface area contributed by atoms with Gasteiger partial charge in [-0.1, -0.05) is 0 Å². The quantitative estimate of drug-likeness (QED) is 0.588. The molecule has 1 rings (SSSR count). The van der Waals surface area contributed by atoms with Gasteiger partial charge < -0.3 is 9.64 Å². The molecule has 0 aromatic rings. The molecule has 21 heavy (non-hydrogen) atoms. The van der Waals surface area contributed by atoms with E-state index >= 15 is 0 Å². The summed E-state index contributed by atoms with van der Waals surface area (Å²) in [6, 6.07) is 0.428. The zero-order valence-electron chi connectivity index (χ0n) is 13.5. The van der Waals surface area contributed by atoms with Gasteiger partial charge in [0.1, 0.15) is 15.4 Å². The normalized spacial score (nSPS) is 18.5. The summed E-state index contributed by atoms with van der Waals surface area (Å²) < 4.78 is 27.2. The first-order valence-corrected chi connectivity index (χ1v) is 9.45. The second kappa shape index (κ2) is 7.56. The smallest absolute Gasteiger partial charge is 0.325 e. The molecule has 1 saturated carbocycles. The Balaban J connectivity index is 2.37. The van der Waals surface area contributed by atoms with Gasteiger partial charge in [0.25, 0.3) is 0 Å². The van der Waals surface area contributed by atoms with E-state index in [4.69, 9.17) is 4.74 Å². The van der Waals surface area contributed by atoms with Crippen molar-refractivity contribution in [2.24, 2.45) is 0 Å².